The molecule has 1 heterocycles. The minimum Gasteiger partial charge on any atom is -0.311 e. The van der Waals surface area contributed by atoms with Gasteiger partial charge in [-0.1, -0.05) is 26.0 Å². The van der Waals surface area contributed by atoms with Crippen molar-refractivity contribution in [2.75, 3.05) is 0 Å². The van der Waals surface area contributed by atoms with Crippen molar-refractivity contribution >= 4 is 15.9 Å². The fourth-order valence-corrected chi connectivity index (χ4v) is 2.42. The number of aryl methyl sites for hydroxylation is 1. The molecule has 4 nitrogen and oxygen atoms in total. The first-order valence-corrected chi connectivity index (χ1v) is 6.04. The van der Waals surface area contributed by atoms with Crippen LogP contribution in [-0.4, -0.2) is 27.1 Å². The van der Waals surface area contributed by atoms with Gasteiger partial charge in [0, 0.05) is 25.0 Å². The highest BCUT2D eigenvalue weighted by atomic mass is 79.9. The molecule has 2 atom stereocenters. The second kappa shape index (κ2) is 5.07. The zero-order chi connectivity index (χ0) is 11.6. The molecule has 0 spiro atoms. The molecule has 0 saturated carbocycles. The van der Waals surface area contributed by atoms with E-state index in [2.05, 4.69) is 59.3 Å². The van der Waals surface area contributed by atoms with Crippen LogP contribution in [0.4, 0.5) is 0 Å². The Hall–Kier alpha value is -0.420. The van der Waals surface area contributed by atoms with Crippen molar-refractivity contribution in [3.63, 3.8) is 0 Å². The second-order valence-corrected chi connectivity index (χ2v) is 5.04. The maximum Gasteiger partial charge on any atom is 0.151 e. The molecule has 0 bridgehead atoms. The summed E-state index contributed by atoms with van der Waals surface area (Å²) in [6, 6.07) is 0.890. The van der Waals surface area contributed by atoms with E-state index in [1.165, 1.54) is 0 Å². The van der Waals surface area contributed by atoms with E-state index in [0.29, 0.717) is 18.0 Å². The molecule has 0 radical (unpaired) electrons. The summed E-state index contributed by atoms with van der Waals surface area (Å²) >= 11 is 3.43. The van der Waals surface area contributed by atoms with Crippen molar-refractivity contribution < 1.29 is 0 Å². The largest absolute Gasteiger partial charge is 0.311 e. The molecular formula is C10H19BrN4. The van der Waals surface area contributed by atoms with E-state index >= 15 is 0 Å². The topological polar surface area (TPSA) is 42.7 Å². The molecule has 5 heteroatoms. The number of rotatable bonds is 4. The number of halogens is 1. The van der Waals surface area contributed by atoms with E-state index in [9.17, 15) is 0 Å². The van der Waals surface area contributed by atoms with Gasteiger partial charge in [-0.15, -0.1) is 5.10 Å². The third-order valence-corrected chi connectivity index (χ3v) is 3.17. The summed E-state index contributed by atoms with van der Waals surface area (Å²) < 4.78 is 2.67. The van der Waals surface area contributed by atoms with Gasteiger partial charge >= 0.3 is 0 Å². The summed E-state index contributed by atoms with van der Waals surface area (Å²) in [5, 5.41) is 11.5. The fraction of sp³-hybridized carbons (Fsp3) is 0.800. The van der Waals surface area contributed by atoms with Crippen LogP contribution in [0.1, 0.15) is 39.3 Å². The van der Waals surface area contributed by atoms with E-state index in [-0.39, 0.29) is 0 Å². The van der Waals surface area contributed by atoms with E-state index in [0.717, 1.165) is 10.3 Å². The van der Waals surface area contributed by atoms with E-state index in [1.54, 1.807) is 0 Å². The van der Waals surface area contributed by atoms with Crippen LogP contribution in [0.3, 0.4) is 0 Å². The van der Waals surface area contributed by atoms with Crippen LogP contribution < -0.4 is 5.32 Å². The molecule has 1 aromatic heterocycles. The van der Waals surface area contributed by atoms with Crippen molar-refractivity contribution in [2.45, 2.75) is 45.7 Å². The van der Waals surface area contributed by atoms with E-state index in [1.807, 2.05) is 11.7 Å². The van der Waals surface area contributed by atoms with Gasteiger partial charge in [-0.3, -0.25) is 4.68 Å². The average Bonchev–Trinajstić information content (AvgIpc) is 2.44. The Balaban J connectivity index is 2.80. The summed E-state index contributed by atoms with van der Waals surface area (Å²) in [6.07, 6.45) is 0. The highest BCUT2D eigenvalue weighted by Gasteiger charge is 2.21. The fourth-order valence-electron chi connectivity index (χ4n) is 1.73. The van der Waals surface area contributed by atoms with E-state index in [4.69, 9.17) is 0 Å². The Bertz CT molecular complexity index is 302. The molecule has 15 heavy (non-hydrogen) atoms. The highest BCUT2D eigenvalue weighted by Crippen LogP contribution is 2.24. The van der Waals surface area contributed by atoms with E-state index < -0.39 is 0 Å². The van der Waals surface area contributed by atoms with Gasteiger partial charge in [0.15, 0.2) is 4.60 Å². The lowest BCUT2D eigenvalue weighted by Gasteiger charge is -2.23. The van der Waals surface area contributed by atoms with Crippen LogP contribution in [0.15, 0.2) is 4.60 Å². The molecule has 0 aliphatic heterocycles. The Labute approximate surface area is 99.6 Å². The maximum absolute atomic E-state index is 4.00. The first-order valence-electron chi connectivity index (χ1n) is 5.24. The maximum atomic E-state index is 4.00. The normalized spacial score (nSPS) is 15.7. The molecule has 0 fully saturated rings. The van der Waals surface area contributed by atoms with Gasteiger partial charge in [0.1, 0.15) is 0 Å². The average molecular weight is 275 g/mol. The first-order chi connectivity index (χ1) is 6.93. The SMILES string of the molecule is CC(C)NC(C)C(C)c1c(Br)nnn1C. The van der Waals surface area contributed by atoms with Gasteiger partial charge < -0.3 is 5.32 Å². The third-order valence-electron chi connectivity index (χ3n) is 2.60. The summed E-state index contributed by atoms with van der Waals surface area (Å²) in [7, 11) is 1.92. The van der Waals surface area contributed by atoms with Gasteiger partial charge in [-0.05, 0) is 22.9 Å². The lowest BCUT2D eigenvalue weighted by molar-refractivity contribution is 0.424. The molecule has 1 N–H and O–H groups in total. The molecule has 1 aromatic rings. The highest BCUT2D eigenvalue weighted by molar-refractivity contribution is 9.10. The zero-order valence-corrected chi connectivity index (χ0v) is 11.5. The molecule has 2 unspecified atom stereocenters. The summed E-state index contributed by atoms with van der Waals surface area (Å²) in [5.41, 5.74) is 1.13. The van der Waals surface area contributed by atoms with Crippen LogP contribution >= 0.6 is 15.9 Å². The van der Waals surface area contributed by atoms with Gasteiger partial charge in [0.2, 0.25) is 0 Å². The Morgan fingerprint density at radius 1 is 1.27 bits per heavy atom. The van der Waals surface area contributed by atoms with Crippen molar-refractivity contribution in [1.29, 1.82) is 0 Å². The number of nitrogens with zero attached hydrogens (tertiary/aromatic N) is 3. The van der Waals surface area contributed by atoms with Crippen LogP contribution in [0.25, 0.3) is 0 Å². The molecule has 0 aliphatic rings. The molecule has 0 saturated heterocycles. The minimum absolute atomic E-state index is 0.377. The lowest BCUT2D eigenvalue weighted by Crippen LogP contribution is -2.36. The van der Waals surface area contributed by atoms with Crippen LogP contribution in [-0.2, 0) is 7.05 Å². The molecule has 0 amide bonds. The second-order valence-electron chi connectivity index (χ2n) is 4.29. The standard InChI is InChI=1S/C10H19BrN4/c1-6(2)12-8(4)7(3)9-10(11)13-14-15(9)5/h6-8,12H,1-5H3. The summed E-state index contributed by atoms with van der Waals surface area (Å²) in [5.74, 6) is 0.377. The van der Waals surface area contributed by atoms with Crippen molar-refractivity contribution in [1.82, 2.24) is 20.3 Å². The van der Waals surface area contributed by atoms with Gasteiger partial charge in [0.25, 0.3) is 0 Å². The lowest BCUT2D eigenvalue weighted by atomic mass is 9.99. The predicted molar refractivity (Wildman–Crippen MR) is 64.9 cm³/mol. The Morgan fingerprint density at radius 3 is 2.27 bits per heavy atom. The van der Waals surface area contributed by atoms with Crippen molar-refractivity contribution in [2.24, 2.45) is 7.05 Å². The monoisotopic (exact) mass is 274 g/mol. The number of nitrogens with one attached hydrogen (secondary N) is 1. The zero-order valence-electron chi connectivity index (χ0n) is 9.95. The molecule has 1 rings (SSSR count). The smallest absolute Gasteiger partial charge is 0.151 e. The molecule has 0 aliphatic carbocycles. The molecule has 0 aromatic carbocycles. The number of hydrogen-bond donors (Lipinski definition) is 1. The molecular weight excluding hydrogens is 256 g/mol. The third kappa shape index (κ3) is 3.01. The number of aromatic nitrogens is 3. The minimum atomic E-state index is 0.377. The van der Waals surface area contributed by atoms with Gasteiger partial charge in [-0.2, -0.15) is 0 Å². The van der Waals surface area contributed by atoms with Gasteiger partial charge in [-0.25, -0.2) is 0 Å². The van der Waals surface area contributed by atoms with Crippen molar-refractivity contribution in [3.05, 3.63) is 10.3 Å². The first kappa shape index (κ1) is 12.6. The van der Waals surface area contributed by atoms with Gasteiger partial charge in [0.05, 0.1) is 5.69 Å². The number of hydrogen-bond acceptors (Lipinski definition) is 3. The van der Waals surface area contributed by atoms with Crippen molar-refractivity contribution in [3.8, 4) is 0 Å². The quantitative estimate of drug-likeness (QED) is 0.914. The van der Waals surface area contributed by atoms with Crippen LogP contribution in [0.2, 0.25) is 0 Å². The molecule has 86 valence electrons. The Morgan fingerprint density at radius 2 is 1.87 bits per heavy atom. The predicted octanol–water partition coefficient (Wildman–Crippen LogP) is 2.07. The van der Waals surface area contributed by atoms with Crippen LogP contribution in [0, 0.1) is 0 Å². The Kier molecular flexibility index (Phi) is 4.28. The summed E-state index contributed by atoms with van der Waals surface area (Å²) in [4.78, 5) is 0. The summed E-state index contributed by atoms with van der Waals surface area (Å²) in [6.45, 7) is 8.67. The van der Waals surface area contributed by atoms with Crippen LogP contribution in [0.5, 0.6) is 0 Å².